The molecule has 0 aromatic carbocycles. The fraction of sp³-hybridized carbons (Fsp3) is 0.944. The Morgan fingerprint density at radius 3 is 1.32 bits per heavy atom. The highest BCUT2D eigenvalue weighted by atomic mass is 32.2. The lowest BCUT2D eigenvalue weighted by atomic mass is 9.96. The zero-order valence-electron chi connectivity index (χ0n) is 45.5. The fourth-order valence-electron chi connectivity index (χ4n) is 7.54. The molecule has 1 rings (SSSR count). The molecule has 1 saturated heterocycles. The van der Waals surface area contributed by atoms with E-state index in [0.717, 1.165) is 56.0 Å². The second kappa shape index (κ2) is 49.7. The van der Waals surface area contributed by atoms with E-state index in [-0.39, 0.29) is 23.7 Å². The number of carbonyl (C=O) groups excluding carboxylic acids is 3. The molecule has 0 bridgehead atoms. The molecule has 11 nitrogen and oxygen atoms in total. The van der Waals surface area contributed by atoms with Gasteiger partial charge in [-0.15, -0.1) is 0 Å². The Labute approximate surface area is 410 Å². The van der Waals surface area contributed by atoms with Crippen LogP contribution in [0.4, 0.5) is 0 Å². The van der Waals surface area contributed by atoms with E-state index in [9.17, 15) is 22.8 Å². The van der Waals surface area contributed by atoms with E-state index in [1.54, 1.807) is 13.8 Å². The van der Waals surface area contributed by atoms with Crippen molar-refractivity contribution < 1.29 is 45.7 Å². The normalized spacial score (nSPS) is 14.1. The number of hydrogen-bond acceptors (Lipinski definition) is 10. The second-order valence-electron chi connectivity index (χ2n) is 19.5. The number of hydrogen-bond donors (Lipinski definition) is 0. The highest BCUT2D eigenvalue weighted by Crippen LogP contribution is 2.20. The van der Waals surface area contributed by atoms with Gasteiger partial charge in [0.1, 0.15) is 0 Å². The first kappa shape index (κ1) is 68.5. The molecule has 12 heteroatoms. The SMILES string of the molecule is CCCCCCC(CCCC)COC(=O)CCCCCN(C)C.CCCCCCC(CCCC)COC(=O)CCCCC[N+](C)(C)CCCCC.CCOC(=O)CC.O=S1(=O)CCCCO1. The van der Waals surface area contributed by atoms with Crippen LogP contribution in [0.25, 0.3) is 0 Å². The first-order valence-electron chi connectivity index (χ1n) is 27.4. The Morgan fingerprint density at radius 1 is 0.530 bits per heavy atom. The van der Waals surface area contributed by atoms with Crippen LogP contribution in [0.1, 0.15) is 241 Å². The number of nitrogens with zero attached hydrogens (tertiary/aromatic N) is 2. The van der Waals surface area contributed by atoms with Crippen LogP contribution in [0.3, 0.4) is 0 Å². The summed E-state index contributed by atoms with van der Waals surface area (Å²) in [5.41, 5.74) is 0. The highest BCUT2D eigenvalue weighted by Gasteiger charge is 2.16. The van der Waals surface area contributed by atoms with E-state index in [1.165, 1.54) is 142 Å². The average Bonchev–Trinajstić information content (AvgIpc) is 3.28. The molecule has 1 heterocycles. The van der Waals surface area contributed by atoms with E-state index in [0.29, 0.717) is 57.5 Å². The topological polar surface area (TPSA) is 126 Å². The maximum atomic E-state index is 12.1. The molecule has 0 radical (unpaired) electrons. The van der Waals surface area contributed by atoms with Crippen molar-refractivity contribution in [3.63, 3.8) is 0 Å². The summed E-state index contributed by atoms with van der Waals surface area (Å²) in [4.78, 5) is 36.3. The second-order valence-corrected chi connectivity index (χ2v) is 21.3. The van der Waals surface area contributed by atoms with Crippen molar-refractivity contribution in [1.29, 1.82) is 0 Å². The number of rotatable bonds is 38. The summed E-state index contributed by atoms with van der Waals surface area (Å²) in [5.74, 6) is 1.25. The van der Waals surface area contributed by atoms with Crippen molar-refractivity contribution in [2.75, 3.05) is 80.0 Å². The van der Waals surface area contributed by atoms with Crippen LogP contribution in [-0.4, -0.2) is 116 Å². The number of ether oxygens (including phenoxy) is 3. The van der Waals surface area contributed by atoms with E-state index >= 15 is 0 Å². The van der Waals surface area contributed by atoms with Gasteiger partial charge in [-0.3, -0.25) is 18.6 Å². The molecule has 0 aromatic rings. The minimum absolute atomic E-state index is 0.00455. The van der Waals surface area contributed by atoms with Crippen molar-refractivity contribution in [3.05, 3.63) is 0 Å². The third-order valence-corrected chi connectivity index (χ3v) is 13.3. The largest absolute Gasteiger partial charge is 0.466 e. The van der Waals surface area contributed by atoms with Crippen molar-refractivity contribution in [2.45, 2.75) is 241 Å². The molecule has 1 aliphatic rings. The van der Waals surface area contributed by atoms with Gasteiger partial charge < -0.3 is 23.6 Å². The van der Waals surface area contributed by atoms with Crippen LogP contribution in [0.15, 0.2) is 0 Å². The Kier molecular flexibility index (Phi) is 51.5. The molecule has 0 aliphatic carbocycles. The van der Waals surface area contributed by atoms with Gasteiger partial charge in [-0.25, -0.2) is 0 Å². The Balaban J connectivity index is -0.000000921. The number of carbonyl (C=O) groups is 3. The molecule has 2 unspecified atom stereocenters. The van der Waals surface area contributed by atoms with Gasteiger partial charge in [0.2, 0.25) is 0 Å². The first-order valence-corrected chi connectivity index (χ1v) is 28.9. The quantitative estimate of drug-likeness (QED) is 0.0194. The molecule has 1 aliphatic heterocycles. The van der Waals surface area contributed by atoms with Gasteiger partial charge in [-0.1, -0.05) is 131 Å². The van der Waals surface area contributed by atoms with Gasteiger partial charge in [0.25, 0.3) is 10.1 Å². The van der Waals surface area contributed by atoms with Gasteiger partial charge in [0.05, 0.1) is 59.4 Å². The van der Waals surface area contributed by atoms with Gasteiger partial charge in [-0.05, 0) is 123 Å². The maximum Gasteiger partial charge on any atom is 0.305 e. The summed E-state index contributed by atoms with van der Waals surface area (Å²) in [6.07, 6.45) is 34.0. The monoisotopic (exact) mass is 964 g/mol. The smallest absolute Gasteiger partial charge is 0.305 e. The van der Waals surface area contributed by atoms with E-state index < -0.39 is 10.1 Å². The third kappa shape index (κ3) is 53.2. The predicted octanol–water partition coefficient (Wildman–Crippen LogP) is 13.6. The molecular weight excluding hydrogens is 853 g/mol. The lowest BCUT2D eigenvalue weighted by Gasteiger charge is -2.29. The Hall–Kier alpha value is -1.76. The van der Waals surface area contributed by atoms with Crippen molar-refractivity contribution >= 4 is 28.0 Å². The van der Waals surface area contributed by atoms with E-state index in [1.807, 2.05) is 0 Å². The van der Waals surface area contributed by atoms with Crippen molar-refractivity contribution in [2.24, 2.45) is 11.8 Å². The number of esters is 3. The maximum absolute atomic E-state index is 12.1. The van der Waals surface area contributed by atoms with Crippen LogP contribution in [0.5, 0.6) is 0 Å². The highest BCUT2D eigenvalue weighted by molar-refractivity contribution is 7.86. The Bertz CT molecular complexity index is 1170. The average molecular weight is 965 g/mol. The Morgan fingerprint density at radius 2 is 0.955 bits per heavy atom. The fourth-order valence-corrected chi connectivity index (χ4v) is 8.59. The summed E-state index contributed by atoms with van der Waals surface area (Å²) in [6, 6.07) is 0. The van der Waals surface area contributed by atoms with E-state index in [2.05, 4.69) is 76.6 Å². The van der Waals surface area contributed by atoms with Gasteiger partial charge in [-0.2, -0.15) is 8.42 Å². The van der Waals surface area contributed by atoms with Crippen LogP contribution >= 0.6 is 0 Å². The molecule has 66 heavy (non-hydrogen) atoms. The summed E-state index contributed by atoms with van der Waals surface area (Å²) in [5, 5.41) is 0. The minimum Gasteiger partial charge on any atom is -0.466 e. The lowest BCUT2D eigenvalue weighted by Crippen LogP contribution is -2.41. The standard InChI is InChI=1S/C25H52NO2.C20H41NO2.C5H10O2.C4H8O3S/c1-6-9-12-14-19-24(18-11-8-3)23-28-25(27)20-15-13-17-22-26(4,5)21-16-10-7-2;1-5-7-9-11-15-19(14-8-6-2)18-23-20(22)16-12-10-13-17-21(3)4;1-3-5(6)7-4-2;5-8(6)4-2-1-3-7-8/h24H,6-23H2,1-5H3;19H,5-18H2,1-4H3;3-4H2,1-2H3;1-4H2/q+1;;;. The predicted molar refractivity (Wildman–Crippen MR) is 278 cm³/mol. The van der Waals surface area contributed by atoms with Crippen LogP contribution < -0.4 is 0 Å². The van der Waals surface area contributed by atoms with Crippen LogP contribution in [0, 0.1) is 11.8 Å². The number of unbranched alkanes of at least 4 members (excludes halogenated alkanes) is 14. The summed E-state index contributed by atoms with van der Waals surface area (Å²) < 4.78 is 42.1. The molecule has 0 amide bonds. The molecule has 396 valence electrons. The number of quaternary nitrogens is 1. The van der Waals surface area contributed by atoms with E-state index in [4.69, 9.17) is 9.47 Å². The first-order chi connectivity index (χ1) is 31.6. The molecule has 0 spiro atoms. The molecule has 0 saturated carbocycles. The van der Waals surface area contributed by atoms with Gasteiger partial charge in [0.15, 0.2) is 0 Å². The molecule has 0 aromatic heterocycles. The molecular formula is C54H111N2O9S+. The lowest BCUT2D eigenvalue weighted by molar-refractivity contribution is -0.890. The van der Waals surface area contributed by atoms with Crippen molar-refractivity contribution in [3.8, 4) is 0 Å². The van der Waals surface area contributed by atoms with Gasteiger partial charge in [0, 0.05) is 19.3 Å². The van der Waals surface area contributed by atoms with Crippen LogP contribution in [0.2, 0.25) is 0 Å². The van der Waals surface area contributed by atoms with Crippen LogP contribution in [-0.2, 0) is 42.9 Å². The third-order valence-electron chi connectivity index (χ3n) is 12.0. The molecule has 2 atom stereocenters. The molecule has 0 N–H and O–H groups in total. The van der Waals surface area contributed by atoms with Gasteiger partial charge >= 0.3 is 17.9 Å². The summed E-state index contributed by atoms with van der Waals surface area (Å²) >= 11 is 0. The summed E-state index contributed by atoms with van der Waals surface area (Å²) in [7, 11) is 5.76. The zero-order chi connectivity index (χ0) is 50.2. The molecule has 1 fully saturated rings. The van der Waals surface area contributed by atoms with Crippen molar-refractivity contribution in [1.82, 2.24) is 4.90 Å². The summed E-state index contributed by atoms with van der Waals surface area (Å²) in [6.45, 7) is 20.6. The minimum atomic E-state index is -3.08. The zero-order valence-corrected chi connectivity index (χ0v) is 46.3.